The Balaban J connectivity index is 1.90. The minimum Gasteiger partial charge on any atom is -0.381 e. The van der Waals surface area contributed by atoms with E-state index < -0.39 is 11.7 Å². The molecule has 0 radical (unpaired) electrons. The van der Waals surface area contributed by atoms with E-state index in [1.807, 2.05) is 13.8 Å². The molecule has 0 unspecified atom stereocenters. The number of hydrogen-bond donors (Lipinski definition) is 2. The third kappa shape index (κ3) is 3.28. The fourth-order valence-corrected chi connectivity index (χ4v) is 3.33. The van der Waals surface area contributed by atoms with Gasteiger partial charge in [0.15, 0.2) is 5.16 Å². The van der Waals surface area contributed by atoms with Crippen LogP contribution in [0.15, 0.2) is 34.3 Å². The van der Waals surface area contributed by atoms with Crippen LogP contribution in [0, 0.1) is 5.82 Å². The Morgan fingerprint density at radius 3 is 2.92 bits per heavy atom. The molecule has 0 aliphatic carbocycles. The summed E-state index contributed by atoms with van der Waals surface area (Å²) in [6.07, 6.45) is 1.29. The Hall–Kier alpha value is -2.35. The molecule has 8 heteroatoms. The Morgan fingerprint density at radius 1 is 1.38 bits per heavy atom. The second kappa shape index (κ2) is 6.64. The number of anilines is 2. The first-order chi connectivity index (χ1) is 11.5. The number of rotatable bonds is 4. The van der Waals surface area contributed by atoms with Crippen LogP contribution in [0.4, 0.5) is 15.8 Å². The van der Waals surface area contributed by atoms with E-state index in [9.17, 15) is 14.0 Å². The summed E-state index contributed by atoms with van der Waals surface area (Å²) in [5.41, 5.74) is 0.488. The maximum atomic E-state index is 13.5. The van der Waals surface area contributed by atoms with Crippen LogP contribution in [0.3, 0.4) is 0 Å². The fourth-order valence-electron chi connectivity index (χ4n) is 2.42. The van der Waals surface area contributed by atoms with Crippen molar-refractivity contribution >= 4 is 29.0 Å². The number of fused-ring (bicyclic) bond motifs is 1. The standard InChI is InChI=1S/C16H17FN4O2S/c1-9(2)19-13-7-10(17)3-4-12(13)20-14(22)11-8-18-16-21(15(11)23)5-6-24-16/h3-4,7-9,19H,5-6H2,1-2H3,(H,20,22). The third-order valence-electron chi connectivity index (χ3n) is 3.48. The average molecular weight is 348 g/mol. The monoisotopic (exact) mass is 348 g/mol. The second-order valence-corrected chi connectivity index (χ2v) is 6.76. The molecule has 1 aliphatic heterocycles. The van der Waals surface area contributed by atoms with Crippen LogP contribution in [-0.2, 0) is 6.54 Å². The molecule has 0 atom stereocenters. The molecular formula is C16H17FN4O2S. The van der Waals surface area contributed by atoms with Crippen molar-refractivity contribution in [2.75, 3.05) is 16.4 Å². The largest absolute Gasteiger partial charge is 0.381 e. The lowest BCUT2D eigenvalue weighted by Gasteiger charge is -2.15. The molecule has 1 aromatic carbocycles. The minimum atomic E-state index is -0.557. The SMILES string of the molecule is CC(C)Nc1cc(F)ccc1NC(=O)c1cnc2n(c1=O)CCS2. The van der Waals surface area contributed by atoms with Crippen molar-refractivity contribution in [2.45, 2.75) is 31.6 Å². The maximum absolute atomic E-state index is 13.5. The van der Waals surface area contributed by atoms with E-state index >= 15 is 0 Å². The number of thioether (sulfide) groups is 1. The molecule has 1 amide bonds. The lowest BCUT2D eigenvalue weighted by atomic mass is 10.2. The highest BCUT2D eigenvalue weighted by atomic mass is 32.2. The van der Waals surface area contributed by atoms with Crippen LogP contribution in [0.2, 0.25) is 0 Å². The predicted octanol–water partition coefficient (Wildman–Crippen LogP) is 2.56. The molecule has 1 aromatic heterocycles. The van der Waals surface area contributed by atoms with Gasteiger partial charge in [0.25, 0.3) is 11.5 Å². The van der Waals surface area contributed by atoms with Crippen molar-refractivity contribution in [1.29, 1.82) is 0 Å². The van der Waals surface area contributed by atoms with Crippen molar-refractivity contribution in [1.82, 2.24) is 9.55 Å². The van der Waals surface area contributed by atoms with Crippen LogP contribution < -0.4 is 16.2 Å². The van der Waals surface area contributed by atoms with Gasteiger partial charge in [0, 0.05) is 24.5 Å². The summed E-state index contributed by atoms with van der Waals surface area (Å²) in [5.74, 6) is -0.196. The van der Waals surface area contributed by atoms with Crippen molar-refractivity contribution in [3.05, 3.63) is 46.1 Å². The van der Waals surface area contributed by atoms with Gasteiger partial charge < -0.3 is 10.6 Å². The molecule has 2 heterocycles. The summed E-state index contributed by atoms with van der Waals surface area (Å²) in [7, 11) is 0. The van der Waals surface area contributed by atoms with Gasteiger partial charge in [-0.1, -0.05) is 11.8 Å². The molecule has 126 valence electrons. The van der Waals surface area contributed by atoms with Gasteiger partial charge in [-0.2, -0.15) is 0 Å². The molecule has 2 N–H and O–H groups in total. The Bertz CT molecular complexity index is 850. The molecule has 2 aromatic rings. The van der Waals surface area contributed by atoms with Crippen LogP contribution in [-0.4, -0.2) is 27.3 Å². The van der Waals surface area contributed by atoms with Gasteiger partial charge in [-0.3, -0.25) is 14.2 Å². The first kappa shape index (κ1) is 16.5. The van der Waals surface area contributed by atoms with Crippen molar-refractivity contribution in [3.8, 4) is 0 Å². The molecule has 1 aliphatic rings. The van der Waals surface area contributed by atoms with Gasteiger partial charge in [0.05, 0.1) is 11.4 Å². The Kier molecular flexibility index (Phi) is 4.57. The van der Waals surface area contributed by atoms with Crippen molar-refractivity contribution in [3.63, 3.8) is 0 Å². The molecule has 0 spiro atoms. The number of hydrogen-bond acceptors (Lipinski definition) is 5. The average Bonchev–Trinajstić information content (AvgIpc) is 2.99. The molecule has 0 saturated heterocycles. The molecule has 6 nitrogen and oxygen atoms in total. The summed E-state index contributed by atoms with van der Waals surface area (Å²) < 4.78 is 15.0. The van der Waals surface area contributed by atoms with Gasteiger partial charge >= 0.3 is 0 Å². The zero-order chi connectivity index (χ0) is 17.3. The van der Waals surface area contributed by atoms with E-state index in [4.69, 9.17) is 0 Å². The van der Waals surface area contributed by atoms with Gasteiger partial charge in [-0.15, -0.1) is 0 Å². The summed E-state index contributed by atoms with van der Waals surface area (Å²) in [5, 5.41) is 6.36. The van der Waals surface area contributed by atoms with Crippen molar-refractivity contribution in [2.24, 2.45) is 0 Å². The number of benzene rings is 1. The topological polar surface area (TPSA) is 76.0 Å². The van der Waals surface area contributed by atoms with E-state index in [0.29, 0.717) is 23.1 Å². The number of aromatic nitrogens is 2. The normalized spacial score (nSPS) is 13.0. The van der Waals surface area contributed by atoms with Crippen LogP contribution in [0.5, 0.6) is 0 Å². The summed E-state index contributed by atoms with van der Waals surface area (Å²) in [6, 6.07) is 4.09. The van der Waals surface area contributed by atoms with Crippen LogP contribution >= 0.6 is 11.8 Å². The molecule has 24 heavy (non-hydrogen) atoms. The Labute approximate surface area is 142 Å². The highest BCUT2D eigenvalue weighted by Crippen LogP contribution is 2.24. The molecule has 0 fully saturated rings. The quantitative estimate of drug-likeness (QED) is 0.831. The first-order valence-electron chi connectivity index (χ1n) is 7.56. The maximum Gasteiger partial charge on any atom is 0.267 e. The number of amides is 1. The lowest BCUT2D eigenvalue weighted by molar-refractivity contribution is 0.102. The molecule has 0 bridgehead atoms. The highest BCUT2D eigenvalue weighted by molar-refractivity contribution is 7.99. The van der Waals surface area contributed by atoms with Gasteiger partial charge in [-0.25, -0.2) is 9.37 Å². The van der Waals surface area contributed by atoms with E-state index in [1.54, 1.807) is 0 Å². The van der Waals surface area contributed by atoms with Crippen molar-refractivity contribution < 1.29 is 9.18 Å². The Morgan fingerprint density at radius 2 is 2.17 bits per heavy atom. The van der Waals surface area contributed by atoms with Gasteiger partial charge in [0.2, 0.25) is 0 Å². The zero-order valence-corrected chi connectivity index (χ0v) is 14.1. The zero-order valence-electron chi connectivity index (χ0n) is 13.3. The van der Waals surface area contributed by atoms with E-state index in [-0.39, 0.29) is 17.2 Å². The van der Waals surface area contributed by atoms with Crippen LogP contribution in [0.25, 0.3) is 0 Å². The van der Waals surface area contributed by atoms with Crippen LogP contribution in [0.1, 0.15) is 24.2 Å². The smallest absolute Gasteiger partial charge is 0.267 e. The number of carbonyl (C=O) groups is 1. The molecule has 0 saturated carbocycles. The number of carbonyl (C=O) groups excluding carboxylic acids is 1. The second-order valence-electron chi connectivity index (χ2n) is 5.70. The minimum absolute atomic E-state index is 0.0268. The summed E-state index contributed by atoms with van der Waals surface area (Å²) in [6.45, 7) is 4.36. The first-order valence-corrected chi connectivity index (χ1v) is 8.54. The summed E-state index contributed by atoms with van der Waals surface area (Å²) in [4.78, 5) is 29.0. The number of nitrogens with one attached hydrogen (secondary N) is 2. The molecular weight excluding hydrogens is 331 g/mol. The lowest BCUT2D eigenvalue weighted by Crippen LogP contribution is -2.29. The fraction of sp³-hybridized carbons (Fsp3) is 0.312. The van der Waals surface area contributed by atoms with Gasteiger partial charge in [-0.05, 0) is 32.0 Å². The number of halogens is 1. The van der Waals surface area contributed by atoms with E-state index in [0.717, 1.165) is 5.75 Å². The van der Waals surface area contributed by atoms with Gasteiger partial charge in [0.1, 0.15) is 11.4 Å². The predicted molar refractivity (Wildman–Crippen MR) is 92.3 cm³/mol. The van der Waals surface area contributed by atoms with E-state index in [1.165, 1.54) is 40.7 Å². The summed E-state index contributed by atoms with van der Waals surface area (Å²) >= 11 is 1.49. The third-order valence-corrected chi connectivity index (χ3v) is 4.45. The highest BCUT2D eigenvalue weighted by Gasteiger charge is 2.20. The molecule has 3 rings (SSSR count). The number of nitrogens with zero attached hydrogens (tertiary/aromatic N) is 2. The van der Waals surface area contributed by atoms with E-state index in [2.05, 4.69) is 15.6 Å².